The molecule has 0 radical (unpaired) electrons. The van der Waals surface area contributed by atoms with Gasteiger partial charge in [0.15, 0.2) is 0 Å². The average molecular weight is 473 g/mol. The maximum Gasteiger partial charge on any atom is 0.511 e. The van der Waals surface area contributed by atoms with Crippen molar-refractivity contribution >= 4 is 12.1 Å². The summed E-state index contributed by atoms with van der Waals surface area (Å²) in [7, 11) is 0. The van der Waals surface area contributed by atoms with Crippen LogP contribution in [0.3, 0.4) is 0 Å². The van der Waals surface area contributed by atoms with Crippen LogP contribution < -0.4 is 5.73 Å². The van der Waals surface area contributed by atoms with Gasteiger partial charge >= 0.3 is 12.1 Å². The largest absolute Gasteiger partial charge is 0.511 e. The van der Waals surface area contributed by atoms with Crippen LogP contribution in [0, 0.1) is 20.2 Å². The van der Waals surface area contributed by atoms with Crippen LogP contribution in [0.1, 0.15) is 38.2 Å². The molecular weight excluding hydrogens is 446 g/mol. The molecule has 33 heavy (non-hydrogen) atoms. The number of carbonyl (C=O) groups excluding carboxylic acids is 2. The molecule has 3 atom stereocenters. The molecule has 1 aromatic rings. The molecule has 0 saturated heterocycles. The van der Waals surface area contributed by atoms with Gasteiger partial charge in [-0.15, -0.1) is 20.2 Å². The number of carbonyl (C=O) groups is 2. The fourth-order valence-electron chi connectivity index (χ4n) is 2.59. The van der Waals surface area contributed by atoms with Crippen LogP contribution in [0.4, 0.5) is 4.79 Å². The van der Waals surface area contributed by atoms with E-state index >= 15 is 0 Å². The average Bonchev–Trinajstić information content (AvgIpc) is 2.75. The Morgan fingerprint density at radius 3 is 2.36 bits per heavy atom. The normalized spacial score (nSPS) is 13.2. The SMILES string of the molecule is CC(OC(=O)OCCCCC(CO[N+](=O)[O-])O[N+](=O)[O-])OC(=O)C(N)CCc1ccccc1. The summed E-state index contributed by atoms with van der Waals surface area (Å²) < 4.78 is 14.6. The predicted octanol–water partition coefficient (Wildman–Crippen LogP) is 1.94. The van der Waals surface area contributed by atoms with E-state index in [1.54, 1.807) is 0 Å². The van der Waals surface area contributed by atoms with Gasteiger partial charge < -0.3 is 29.6 Å². The number of benzene rings is 1. The first kappa shape index (κ1) is 27.4. The van der Waals surface area contributed by atoms with Crippen molar-refractivity contribution in [2.75, 3.05) is 13.2 Å². The maximum atomic E-state index is 12.0. The number of unbranched alkanes of at least 4 members (excludes halogenated alkanes) is 1. The van der Waals surface area contributed by atoms with E-state index in [2.05, 4.69) is 9.68 Å². The second-order valence-electron chi connectivity index (χ2n) is 6.82. The predicted molar refractivity (Wildman–Crippen MR) is 109 cm³/mol. The number of aryl methyl sites for hydroxylation is 1. The number of hydrogen-bond donors (Lipinski definition) is 1. The lowest BCUT2D eigenvalue weighted by Crippen LogP contribution is -2.36. The summed E-state index contributed by atoms with van der Waals surface area (Å²) in [6, 6.07) is 8.58. The van der Waals surface area contributed by atoms with Crippen LogP contribution in [-0.4, -0.2) is 53.9 Å². The zero-order valence-electron chi connectivity index (χ0n) is 18.0. The van der Waals surface area contributed by atoms with Gasteiger partial charge in [0.25, 0.3) is 10.2 Å². The third-order valence-electron chi connectivity index (χ3n) is 4.18. The van der Waals surface area contributed by atoms with Gasteiger partial charge in [0.2, 0.25) is 6.29 Å². The highest BCUT2D eigenvalue weighted by atomic mass is 17.0. The van der Waals surface area contributed by atoms with Gasteiger partial charge in [-0.3, -0.25) is 4.79 Å². The highest BCUT2D eigenvalue weighted by molar-refractivity contribution is 5.75. The van der Waals surface area contributed by atoms with Crippen molar-refractivity contribution in [2.24, 2.45) is 5.73 Å². The van der Waals surface area contributed by atoms with Crippen molar-refractivity contribution in [3.05, 3.63) is 56.1 Å². The molecule has 1 rings (SSSR count). The van der Waals surface area contributed by atoms with Crippen LogP contribution in [-0.2, 0) is 35.1 Å². The summed E-state index contributed by atoms with van der Waals surface area (Å²) >= 11 is 0. The van der Waals surface area contributed by atoms with Crippen molar-refractivity contribution in [1.82, 2.24) is 0 Å². The molecule has 1 aromatic carbocycles. The molecule has 0 aliphatic heterocycles. The molecule has 14 nitrogen and oxygen atoms in total. The molecule has 0 aliphatic carbocycles. The van der Waals surface area contributed by atoms with Crippen molar-refractivity contribution in [2.45, 2.75) is 57.5 Å². The van der Waals surface area contributed by atoms with Crippen molar-refractivity contribution in [3.8, 4) is 0 Å². The Kier molecular flexibility index (Phi) is 12.6. The van der Waals surface area contributed by atoms with Crippen molar-refractivity contribution < 1.29 is 43.6 Å². The van der Waals surface area contributed by atoms with Crippen molar-refractivity contribution in [3.63, 3.8) is 0 Å². The first-order chi connectivity index (χ1) is 15.7. The van der Waals surface area contributed by atoms with Gasteiger partial charge in [0.05, 0.1) is 6.61 Å². The Morgan fingerprint density at radius 1 is 1.03 bits per heavy atom. The molecule has 0 aliphatic rings. The second-order valence-corrected chi connectivity index (χ2v) is 6.82. The van der Waals surface area contributed by atoms with Gasteiger partial charge in [-0.1, -0.05) is 30.3 Å². The Bertz CT molecular complexity index is 763. The number of rotatable bonds is 16. The summed E-state index contributed by atoms with van der Waals surface area (Å²) in [5.41, 5.74) is 6.83. The fourth-order valence-corrected chi connectivity index (χ4v) is 2.59. The smallest absolute Gasteiger partial charge is 0.434 e. The highest BCUT2D eigenvalue weighted by Gasteiger charge is 2.21. The molecule has 0 saturated carbocycles. The van der Waals surface area contributed by atoms with E-state index in [0.717, 1.165) is 5.56 Å². The summed E-state index contributed by atoms with van der Waals surface area (Å²) in [5.74, 6) is -0.722. The first-order valence-corrected chi connectivity index (χ1v) is 10.1. The number of hydrogen-bond acceptors (Lipinski definition) is 12. The van der Waals surface area contributed by atoms with Crippen LogP contribution in [0.5, 0.6) is 0 Å². The Morgan fingerprint density at radius 2 is 1.73 bits per heavy atom. The van der Waals surface area contributed by atoms with Gasteiger partial charge in [-0.25, -0.2) is 4.79 Å². The molecular formula is C19H27N3O11. The maximum absolute atomic E-state index is 12.0. The zero-order valence-corrected chi connectivity index (χ0v) is 18.0. The third kappa shape index (κ3) is 13.4. The third-order valence-corrected chi connectivity index (χ3v) is 4.18. The standard InChI is InChI=1S/C19H27N3O11/c1-14(31-18(23)17(20)11-10-15-7-3-2-4-8-15)32-19(24)29-12-6-5-9-16(33-22(27)28)13-30-21(25)26/h2-4,7-8,14,16-17H,5-6,9-13,20H2,1H3. The molecule has 0 fully saturated rings. The van der Waals surface area contributed by atoms with E-state index in [1.165, 1.54) is 6.92 Å². The minimum Gasteiger partial charge on any atom is -0.434 e. The van der Waals surface area contributed by atoms with Gasteiger partial charge in [0.1, 0.15) is 18.8 Å². The van der Waals surface area contributed by atoms with Gasteiger partial charge in [0, 0.05) is 6.92 Å². The fraction of sp³-hybridized carbons (Fsp3) is 0.579. The van der Waals surface area contributed by atoms with Crippen LogP contribution in [0.15, 0.2) is 30.3 Å². The molecule has 0 spiro atoms. The summed E-state index contributed by atoms with van der Waals surface area (Å²) in [4.78, 5) is 52.6. The summed E-state index contributed by atoms with van der Waals surface area (Å²) in [6.07, 6.45) is -1.89. The Balaban J connectivity index is 2.21. The van der Waals surface area contributed by atoms with E-state index in [1.807, 2.05) is 30.3 Å². The zero-order chi connectivity index (χ0) is 24.6. The minimum atomic E-state index is -1.22. The molecule has 0 amide bonds. The highest BCUT2D eigenvalue weighted by Crippen LogP contribution is 2.09. The Labute approximate surface area is 189 Å². The lowest BCUT2D eigenvalue weighted by molar-refractivity contribution is -0.790. The molecule has 0 bridgehead atoms. The summed E-state index contributed by atoms with van der Waals surface area (Å²) in [5, 5.41) is 18.4. The van der Waals surface area contributed by atoms with E-state index in [9.17, 15) is 29.8 Å². The van der Waals surface area contributed by atoms with E-state index in [4.69, 9.17) is 19.9 Å². The second kappa shape index (κ2) is 15.2. The molecule has 14 heteroatoms. The Hall–Kier alpha value is -3.68. The number of nitrogens with two attached hydrogens (primary N) is 1. The topological polar surface area (TPSA) is 193 Å². The van der Waals surface area contributed by atoms with E-state index in [0.29, 0.717) is 12.8 Å². The van der Waals surface area contributed by atoms with Crippen LogP contribution >= 0.6 is 0 Å². The lowest BCUT2D eigenvalue weighted by atomic mass is 10.1. The number of esters is 1. The van der Waals surface area contributed by atoms with Gasteiger partial charge in [-0.2, -0.15) is 0 Å². The quantitative estimate of drug-likeness (QED) is 0.121. The monoisotopic (exact) mass is 473 g/mol. The number of nitrogens with zero attached hydrogens (tertiary/aromatic N) is 2. The van der Waals surface area contributed by atoms with Crippen LogP contribution in [0.2, 0.25) is 0 Å². The van der Waals surface area contributed by atoms with E-state index in [-0.39, 0.29) is 25.9 Å². The number of ether oxygens (including phenoxy) is 3. The minimum absolute atomic E-state index is 0.0577. The molecule has 0 heterocycles. The van der Waals surface area contributed by atoms with Crippen molar-refractivity contribution in [1.29, 1.82) is 0 Å². The summed E-state index contributed by atoms with van der Waals surface area (Å²) in [6.45, 7) is 0.628. The van der Waals surface area contributed by atoms with Gasteiger partial charge in [-0.05, 0) is 37.7 Å². The molecule has 184 valence electrons. The first-order valence-electron chi connectivity index (χ1n) is 10.1. The molecule has 0 aromatic heterocycles. The molecule has 3 unspecified atom stereocenters. The van der Waals surface area contributed by atoms with Crippen LogP contribution in [0.25, 0.3) is 0 Å². The molecule has 2 N–H and O–H groups in total. The lowest BCUT2D eigenvalue weighted by Gasteiger charge is -2.17. The van der Waals surface area contributed by atoms with E-state index < -0.39 is 47.3 Å².